The average Bonchev–Trinajstić information content (AvgIpc) is 2.72. The molecule has 2 rings (SSSR count). The van der Waals surface area contributed by atoms with Crippen molar-refractivity contribution in [3.8, 4) is 0 Å². The molecule has 1 aliphatic rings. The molecule has 0 amide bonds. The number of nitrogens with zero attached hydrogens (tertiary/aromatic N) is 3. The fourth-order valence-electron chi connectivity index (χ4n) is 1.16. The van der Waals surface area contributed by atoms with E-state index in [9.17, 15) is 8.42 Å². The van der Waals surface area contributed by atoms with E-state index in [4.69, 9.17) is 0 Å². The Morgan fingerprint density at radius 2 is 2.29 bits per heavy atom. The second kappa shape index (κ2) is 3.02. The number of hydrogen-bond donors (Lipinski definition) is 1. The number of nitrogens with one attached hydrogen (secondary N) is 1. The molecule has 14 heavy (non-hydrogen) atoms. The van der Waals surface area contributed by atoms with Crippen LogP contribution in [0.2, 0.25) is 0 Å². The van der Waals surface area contributed by atoms with Crippen LogP contribution in [0.3, 0.4) is 0 Å². The van der Waals surface area contributed by atoms with Crippen LogP contribution < -0.4 is 0 Å². The topological polar surface area (TPSA) is 69.3 Å². The van der Waals surface area contributed by atoms with Crippen molar-refractivity contribution in [3.63, 3.8) is 0 Å². The molecule has 7 heteroatoms. The van der Waals surface area contributed by atoms with Crippen LogP contribution in [-0.2, 0) is 10.0 Å². The molecule has 0 aromatic carbocycles. The molecule has 0 unspecified atom stereocenters. The van der Waals surface area contributed by atoms with E-state index in [0.29, 0.717) is 6.67 Å². The third-order valence-corrected chi connectivity index (χ3v) is 3.44. The van der Waals surface area contributed by atoms with E-state index in [2.05, 4.69) is 9.97 Å². The number of H-pyrrole nitrogens is 1. The molecule has 76 valence electrons. The minimum Gasteiger partial charge on any atom is -0.361 e. The van der Waals surface area contributed by atoms with Crippen LogP contribution in [0.15, 0.2) is 30.0 Å². The van der Waals surface area contributed by atoms with Crippen LogP contribution in [0.4, 0.5) is 0 Å². The predicted molar refractivity (Wildman–Crippen MR) is 49.4 cm³/mol. The molecular weight excluding hydrogens is 204 g/mol. The SMILES string of the molecule is CN1C=CN(S(=O)(=O)c2ncc[nH]2)C1. The Kier molecular flexibility index (Phi) is 1.95. The third-order valence-electron chi connectivity index (χ3n) is 1.88. The molecule has 1 aromatic heterocycles. The van der Waals surface area contributed by atoms with Gasteiger partial charge in [-0.1, -0.05) is 0 Å². The van der Waals surface area contributed by atoms with Crippen molar-refractivity contribution in [2.45, 2.75) is 5.16 Å². The summed E-state index contributed by atoms with van der Waals surface area (Å²) in [7, 11) is -1.69. The second-order valence-electron chi connectivity index (χ2n) is 2.98. The van der Waals surface area contributed by atoms with Crippen LogP contribution in [-0.4, -0.2) is 41.3 Å². The number of aromatic nitrogens is 2. The molecule has 0 saturated heterocycles. The first-order chi connectivity index (χ1) is 6.60. The lowest BCUT2D eigenvalue weighted by Crippen LogP contribution is -2.29. The lowest BCUT2D eigenvalue weighted by atomic mass is 10.9. The monoisotopic (exact) mass is 214 g/mol. The van der Waals surface area contributed by atoms with Gasteiger partial charge in [0, 0.05) is 31.8 Å². The van der Waals surface area contributed by atoms with Gasteiger partial charge < -0.3 is 9.88 Å². The summed E-state index contributed by atoms with van der Waals surface area (Å²) in [6, 6.07) is 0. The molecule has 2 heterocycles. The first kappa shape index (κ1) is 9.07. The fourth-order valence-corrected chi connectivity index (χ4v) is 2.34. The maximum Gasteiger partial charge on any atom is 0.299 e. The summed E-state index contributed by atoms with van der Waals surface area (Å²) < 4.78 is 24.8. The molecule has 0 aliphatic carbocycles. The maximum atomic E-state index is 11.8. The number of rotatable bonds is 2. The lowest BCUT2D eigenvalue weighted by molar-refractivity contribution is 0.383. The van der Waals surface area contributed by atoms with Crippen molar-refractivity contribution in [1.29, 1.82) is 0 Å². The lowest BCUT2D eigenvalue weighted by Gasteiger charge is -2.16. The highest BCUT2D eigenvalue weighted by Gasteiger charge is 2.26. The van der Waals surface area contributed by atoms with Crippen LogP contribution in [0.1, 0.15) is 0 Å². The van der Waals surface area contributed by atoms with Gasteiger partial charge in [-0.15, -0.1) is 0 Å². The van der Waals surface area contributed by atoms with Crippen LogP contribution in [0.5, 0.6) is 0 Å². The van der Waals surface area contributed by atoms with Crippen LogP contribution in [0, 0.1) is 0 Å². The van der Waals surface area contributed by atoms with Gasteiger partial charge in [0.1, 0.15) is 6.67 Å². The predicted octanol–water partition coefficient (Wildman–Crippen LogP) is -0.226. The van der Waals surface area contributed by atoms with E-state index in [1.165, 1.54) is 22.9 Å². The van der Waals surface area contributed by atoms with E-state index in [0.717, 1.165) is 0 Å². The molecule has 1 aliphatic heterocycles. The van der Waals surface area contributed by atoms with Gasteiger partial charge in [-0.2, -0.15) is 8.42 Å². The first-order valence-corrected chi connectivity index (χ1v) is 5.44. The number of sulfonamides is 1. The van der Waals surface area contributed by atoms with Gasteiger partial charge in [-0.25, -0.2) is 4.98 Å². The highest BCUT2D eigenvalue weighted by molar-refractivity contribution is 7.89. The standard InChI is InChI=1S/C7H10N4O2S/c1-10-4-5-11(6-10)14(12,13)7-8-2-3-9-7/h2-5H,6H2,1H3,(H,8,9). The van der Waals surface area contributed by atoms with Gasteiger partial charge in [-0.05, 0) is 0 Å². The summed E-state index contributed by atoms with van der Waals surface area (Å²) in [6.45, 7) is 0.322. The van der Waals surface area contributed by atoms with Crippen LogP contribution >= 0.6 is 0 Å². The maximum absolute atomic E-state index is 11.8. The van der Waals surface area contributed by atoms with Gasteiger partial charge in [-0.3, -0.25) is 4.31 Å². The molecule has 1 aromatic rings. The number of hydrogen-bond acceptors (Lipinski definition) is 4. The summed E-state index contributed by atoms with van der Waals surface area (Å²) in [5.74, 6) is 0. The molecule has 1 N–H and O–H groups in total. The van der Waals surface area contributed by atoms with E-state index in [-0.39, 0.29) is 5.16 Å². The highest BCUT2D eigenvalue weighted by Crippen LogP contribution is 2.15. The number of imidazole rings is 1. The zero-order chi connectivity index (χ0) is 10.2. The average molecular weight is 214 g/mol. The van der Waals surface area contributed by atoms with Crippen molar-refractivity contribution in [1.82, 2.24) is 19.2 Å². The molecule has 0 bridgehead atoms. The second-order valence-corrected chi connectivity index (χ2v) is 4.79. The van der Waals surface area contributed by atoms with Gasteiger partial charge in [0.25, 0.3) is 10.0 Å². The van der Waals surface area contributed by atoms with Gasteiger partial charge in [0.2, 0.25) is 5.16 Å². The Labute approximate surface area is 81.9 Å². The Hall–Kier alpha value is -1.50. The molecule has 0 spiro atoms. The highest BCUT2D eigenvalue weighted by atomic mass is 32.2. The van der Waals surface area contributed by atoms with Crippen molar-refractivity contribution in [2.75, 3.05) is 13.7 Å². The number of aromatic amines is 1. The zero-order valence-corrected chi connectivity index (χ0v) is 8.40. The normalized spacial score (nSPS) is 16.6. The van der Waals surface area contributed by atoms with E-state index < -0.39 is 10.0 Å². The minimum absolute atomic E-state index is 0.0301. The quantitative estimate of drug-likeness (QED) is 0.738. The Morgan fingerprint density at radius 3 is 2.79 bits per heavy atom. The van der Waals surface area contributed by atoms with E-state index in [1.54, 1.807) is 18.1 Å². The van der Waals surface area contributed by atoms with Crippen molar-refractivity contribution in [2.24, 2.45) is 0 Å². The fraction of sp³-hybridized carbons (Fsp3) is 0.286. The Bertz CT molecular complexity index is 436. The van der Waals surface area contributed by atoms with Gasteiger partial charge in [0.05, 0.1) is 0 Å². The van der Waals surface area contributed by atoms with Gasteiger partial charge in [0.15, 0.2) is 0 Å². The summed E-state index contributed by atoms with van der Waals surface area (Å²) in [4.78, 5) is 8.06. The molecular formula is C7H10N4O2S. The summed E-state index contributed by atoms with van der Waals surface area (Å²) in [6.07, 6.45) is 6.10. The molecule has 0 atom stereocenters. The molecule has 0 saturated carbocycles. The Morgan fingerprint density at radius 1 is 1.50 bits per heavy atom. The summed E-state index contributed by atoms with van der Waals surface area (Å²) in [5, 5.41) is -0.0301. The molecule has 0 fully saturated rings. The van der Waals surface area contributed by atoms with Gasteiger partial charge >= 0.3 is 0 Å². The van der Waals surface area contributed by atoms with Crippen molar-refractivity contribution >= 4 is 10.0 Å². The first-order valence-electron chi connectivity index (χ1n) is 4.00. The van der Waals surface area contributed by atoms with Crippen LogP contribution in [0.25, 0.3) is 0 Å². The molecule has 0 radical (unpaired) electrons. The largest absolute Gasteiger partial charge is 0.361 e. The third kappa shape index (κ3) is 1.35. The van der Waals surface area contributed by atoms with Crippen molar-refractivity contribution in [3.05, 3.63) is 24.8 Å². The summed E-state index contributed by atoms with van der Waals surface area (Å²) >= 11 is 0. The Balaban J connectivity index is 2.31. The zero-order valence-electron chi connectivity index (χ0n) is 7.58. The van der Waals surface area contributed by atoms with Crippen molar-refractivity contribution < 1.29 is 8.42 Å². The smallest absolute Gasteiger partial charge is 0.299 e. The minimum atomic E-state index is -3.49. The molecule has 6 nitrogen and oxygen atoms in total. The van der Waals surface area contributed by atoms with E-state index >= 15 is 0 Å². The summed E-state index contributed by atoms with van der Waals surface area (Å²) in [5.41, 5.74) is 0. The van der Waals surface area contributed by atoms with E-state index in [1.807, 2.05) is 0 Å².